The van der Waals surface area contributed by atoms with Crippen LogP contribution < -0.4 is 10.1 Å². The lowest BCUT2D eigenvalue weighted by Gasteiger charge is -2.16. The van der Waals surface area contributed by atoms with Gasteiger partial charge in [-0.15, -0.1) is 0 Å². The van der Waals surface area contributed by atoms with E-state index in [0.29, 0.717) is 21.4 Å². The quantitative estimate of drug-likeness (QED) is 0.759. The molecule has 2 aromatic rings. The van der Waals surface area contributed by atoms with Gasteiger partial charge in [-0.3, -0.25) is 0 Å². The van der Waals surface area contributed by atoms with E-state index >= 15 is 0 Å². The van der Waals surface area contributed by atoms with Crippen molar-refractivity contribution in [2.45, 2.75) is 6.10 Å². The standard InChI is InChI=1S/C16H16Cl2N2O4/c1-23-15-9(16(22)24-2)6-7-13(20-15)19-8-12(21)14-10(17)4-3-5-11(14)18/h3-7,12,21H,8H2,1-2H3,(H,19,20). The van der Waals surface area contributed by atoms with Gasteiger partial charge in [-0.1, -0.05) is 29.3 Å². The van der Waals surface area contributed by atoms with Crippen molar-refractivity contribution >= 4 is 35.0 Å². The molecule has 0 amide bonds. The number of ether oxygens (including phenoxy) is 2. The molecule has 1 heterocycles. The van der Waals surface area contributed by atoms with Gasteiger partial charge in [0.25, 0.3) is 0 Å². The number of nitrogens with one attached hydrogen (secondary N) is 1. The molecule has 0 aliphatic carbocycles. The Balaban J connectivity index is 2.13. The molecule has 8 heteroatoms. The van der Waals surface area contributed by atoms with Gasteiger partial charge in [0, 0.05) is 22.2 Å². The van der Waals surface area contributed by atoms with Crippen LogP contribution in [0, 0.1) is 0 Å². The highest BCUT2D eigenvalue weighted by Gasteiger charge is 2.17. The molecule has 0 radical (unpaired) electrons. The highest BCUT2D eigenvalue weighted by molar-refractivity contribution is 6.36. The van der Waals surface area contributed by atoms with Crippen molar-refractivity contribution in [3.63, 3.8) is 0 Å². The van der Waals surface area contributed by atoms with Crippen LogP contribution in [0.5, 0.6) is 5.88 Å². The zero-order valence-electron chi connectivity index (χ0n) is 13.0. The summed E-state index contributed by atoms with van der Waals surface area (Å²) in [7, 11) is 2.68. The largest absolute Gasteiger partial charge is 0.480 e. The van der Waals surface area contributed by atoms with Crippen molar-refractivity contribution < 1.29 is 19.4 Å². The number of halogens is 2. The maximum absolute atomic E-state index is 11.6. The van der Waals surface area contributed by atoms with Crippen molar-refractivity contribution in [3.8, 4) is 5.88 Å². The molecule has 0 fully saturated rings. The number of aliphatic hydroxyl groups excluding tert-OH is 1. The number of carbonyl (C=O) groups excluding carboxylic acids is 1. The van der Waals surface area contributed by atoms with Crippen LogP contribution in [0.4, 0.5) is 5.82 Å². The molecule has 24 heavy (non-hydrogen) atoms. The number of aromatic nitrogens is 1. The SMILES string of the molecule is COC(=O)c1ccc(NCC(O)c2c(Cl)cccc2Cl)nc1OC. The number of benzene rings is 1. The van der Waals surface area contributed by atoms with Crippen molar-refractivity contribution in [2.75, 3.05) is 26.1 Å². The van der Waals surface area contributed by atoms with Crippen LogP contribution in [0.1, 0.15) is 22.0 Å². The Labute approximate surface area is 149 Å². The number of hydrogen-bond acceptors (Lipinski definition) is 6. The van der Waals surface area contributed by atoms with Crippen molar-refractivity contribution in [1.82, 2.24) is 4.98 Å². The predicted molar refractivity (Wildman–Crippen MR) is 92.0 cm³/mol. The average Bonchev–Trinajstić information content (AvgIpc) is 2.58. The minimum atomic E-state index is -0.931. The second-order valence-corrected chi connectivity index (χ2v) is 5.59. The number of anilines is 1. The Morgan fingerprint density at radius 2 is 1.92 bits per heavy atom. The van der Waals surface area contributed by atoms with Gasteiger partial charge < -0.3 is 19.9 Å². The Hall–Kier alpha value is -2.02. The lowest BCUT2D eigenvalue weighted by Crippen LogP contribution is -2.14. The smallest absolute Gasteiger partial charge is 0.343 e. The number of hydrogen-bond donors (Lipinski definition) is 2. The Kier molecular flexibility index (Phi) is 6.25. The van der Waals surface area contributed by atoms with Gasteiger partial charge in [0.05, 0.1) is 20.3 Å². The van der Waals surface area contributed by atoms with E-state index in [1.165, 1.54) is 20.3 Å². The predicted octanol–water partition coefficient (Wildman–Crippen LogP) is 3.33. The summed E-state index contributed by atoms with van der Waals surface area (Å²) in [5.74, 6) is -0.00683. The lowest BCUT2D eigenvalue weighted by atomic mass is 10.1. The molecule has 128 valence electrons. The summed E-state index contributed by atoms with van der Waals surface area (Å²) < 4.78 is 9.73. The molecule has 0 aliphatic heterocycles. The Morgan fingerprint density at radius 3 is 2.50 bits per heavy atom. The molecule has 1 atom stereocenters. The second-order valence-electron chi connectivity index (χ2n) is 4.78. The van der Waals surface area contributed by atoms with Gasteiger partial charge in [-0.05, 0) is 24.3 Å². The molecule has 2 rings (SSSR count). The van der Waals surface area contributed by atoms with Crippen LogP contribution in [-0.2, 0) is 4.74 Å². The van der Waals surface area contributed by atoms with E-state index in [9.17, 15) is 9.90 Å². The third-order valence-electron chi connectivity index (χ3n) is 3.27. The van der Waals surface area contributed by atoms with Crippen LogP contribution in [0.3, 0.4) is 0 Å². The summed E-state index contributed by atoms with van der Waals surface area (Å²) in [6, 6.07) is 8.10. The molecule has 1 aromatic heterocycles. The van der Waals surface area contributed by atoms with Crippen molar-refractivity contribution in [2.24, 2.45) is 0 Å². The minimum Gasteiger partial charge on any atom is -0.480 e. The first-order valence-corrected chi connectivity index (χ1v) is 7.72. The third-order valence-corrected chi connectivity index (χ3v) is 3.93. The third kappa shape index (κ3) is 4.08. The number of esters is 1. The normalized spacial score (nSPS) is 11.7. The summed E-state index contributed by atoms with van der Waals surface area (Å²) >= 11 is 12.1. The lowest BCUT2D eigenvalue weighted by molar-refractivity contribution is 0.0596. The second kappa shape index (κ2) is 8.19. The van der Waals surface area contributed by atoms with Gasteiger partial charge in [0.2, 0.25) is 5.88 Å². The van der Waals surface area contributed by atoms with E-state index in [4.69, 9.17) is 27.9 Å². The maximum atomic E-state index is 11.6. The number of aliphatic hydroxyl groups is 1. The van der Waals surface area contributed by atoms with Crippen LogP contribution in [0.15, 0.2) is 30.3 Å². The molecule has 0 aliphatic rings. The number of carbonyl (C=O) groups is 1. The van der Waals surface area contributed by atoms with Gasteiger partial charge in [0.1, 0.15) is 11.4 Å². The summed E-state index contributed by atoms with van der Waals surface area (Å²) in [4.78, 5) is 15.8. The van der Waals surface area contributed by atoms with E-state index in [-0.39, 0.29) is 18.0 Å². The van der Waals surface area contributed by atoms with Crippen LogP contribution in [-0.4, -0.2) is 36.8 Å². The number of rotatable bonds is 6. The van der Waals surface area contributed by atoms with Gasteiger partial charge in [-0.25, -0.2) is 4.79 Å². The zero-order chi connectivity index (χ0) is 17.7. The fraction of sp³-hybridized carbons (Fsp3) is 0.250. The highest BCUT2D eigenvalue weighted by Crippen LogP contribution is 2.30. The molecule has 0 saturated heterocycles. The first-order chi connectivity index (χ1) is 11.5. The molecular weight excluding hydrogens is 355 g/mol. The maximum Gasteiger partial charge on any atom is 0.343 e. The number of pyridine rings is 1. The Morgan fingerprint density at radius 1 is 1.25 bits per heavy atom. The summed E-state index contributed by atoms with van der Waals surface area (Å²) in [6.45, 7) is 0.122. The van der Waals surface area contributed by atoms with Crippen LogP contribution >= 0.6 is 23.2 Å². The van der Waals surface area contributed by atoms with E-state index in [1.807, 2.05) is 0 Å². The summed E-state index contributed by atoms with van der Waals surface area (Å²) in [5, 5.41) is 14.0. The topological polar surface area (TPSA) is 80.7 Å². The number of methoxy groups -OCH3 is 2. The van der Waals surface area contributed by atoms with E-state index in [2.05, 4.69) is 15.0 Å². The average molecular weight is 371 g/mol. The number of nitrogens with zero attached hydrogens (tertiary/aromatic N) is 1. The molecule has 1 aromatic carbocycles. The molecule has 0 bridgehead atoms. The van der Waals surface area contributed by atoms with E-state index in [1.54, 1.807) is 24.3 Å². The Bertz CT molecular complexity index is 720. The fourth-order valence-electron chi connectivity index (χ4n) is 2.09. The highest BCUT2D eigenvalue weighted by atomic mass is 35.5. The van der Waals surface area contributed by atoms with Gasteiger partial charge in [0.15, 0.2) is 0 Å². The minimum absolute atomic E-state index is 0.122. The molecule has 0 saturated carbocycles. The fourth-order valence-corrected chi connectivity index (χ4v) is 2.74. The first-order valence-electron chi connectivity index (χ1n) is 6.97. The summed E-state index contributed by atoms with van der Waals surface area (Å²) in [6.07, 6.45) is -0.931. The van der Waals surface area contributed by atoms with Crippen molar-refractivity contribution in [3.05, 3.63) is 51.5 Å². The summed E-state index contributed by atoms with van der Waals surface area (Å²) in [5.41, 5.74) is 0.645. The van der Waals surface area contributed by atoms with Crippen LogP contribution in [0.25, 0.3) is 0 Å². The molecule has 2 N–H and O–H groups in total. The monoisotopic (exact) mass is 370 g/mol. The molecule has 1 unspecified atom stereocenters. The zero-order valence-corrected chi connectivity index (χ0v) is 14.6. The van der Waals surface area contributed by atoms with Crippen molar-refractivity contribution in [1.29, 1.82) is 0 Å². The molecule has 6 nitrogen and oxygen atoms in total. The van der Waals surface area contributed by atoms with Gasteiger partial charge in [-0.2, -0.15) is 4.98 Å². The first kappa shape index (κ1) is 18.3. The van der Waals surface area contributed by atoms with E-state index < -0.39 is 12.1 Å². The van der Waals surface area contributed by atoms with Crippen LogP contribution in [0.2, 0.25) is 10.0 Å². The van der Waals surface area contributed by atoms with Gasteiger partial charge >= 0.3 is 5.97 Å². The molecular formula is C16H16Cl2N2O4. The van der Waals surface area contributed by atoms with E-state index in [0.717, 1.165) is 0 Å². The molecule has 0 spiro atoms.